The predicted molar refractivity (Wildman–Crippen MR) is 52.9 cm³/mol. The van der Waals surface area contributed by atoms with Crippen molar-refractivity contribution in [3.8, 4) is 0 Å². The Bertz CT molecular complexity index is 452. The van der Waals surface area contributed by atoms with Crippen molar-refractivity contribution in [2.45, 2.75) is 37.3 Å². The molecule has 0 spiro atoms. The van der Waals surface area contributed by atoms with E-state index in [0.29, 0.717) is 0 Å². The molecule has 0 bridgehead atoms. The Balaban J connectivity index is 2.60. The third kappa shape index (κ3) is 1.54. The Morgan fingerprint density at radius 1 is 1.64 bits per heavy atom. The molecule has 1 aliphatic rings. The Morgan fingerprint density at radius 3 is 3.00 bits per heavy atom. The first-order valence-corrected chi connectivity index (χ1v) is 6.82. The molecule has 0 aromatic carbocycles. The fourth-order valence-corrected chi connectivity index (χ4v) is 2.94. The Hall–Kier alpha value is -0.550. The van der Waals surface area contributed by atoms with E-state index in [2.05, 4.69) is 4.98 Å². The van der Waals surface area contributed by atoms with Crippen molar-refractivity contribution in [3.05, 3.63) is 12.0 Å². The van der Waals surface area contributed by atoms with Crippen LogP contribution in [-0.4, -0.2) is 18.0 Å². The van der Waals surface area contributed by atoms with Gasteiger partial charge in [0.15, 0.2) is 5.03 Å². The molecule has 0 radical (unpaired) electrons. The number of hydrogen-bond donors (Lipinski definition) is 0. The van der Waals surface area contributed by atoms with Crippen LogP contribution >= 0.6 is 10.7 Å². The van der Waals surface area contributed by atoms with Crippen LogP contribution in [0.2, 0.25) is 0 Å². The van der Waals surface area contributed by atoms with E-state index in [-0.39, 0.29) is 11.1 Å². The largest absolute Gasteiger partial charge is 0.315 e. The van der Waals surface area contributed by atoms with Crippen molar-refractivity contribution in [2.24, 2.45) is 0 Å². The maximum atomic E-state index is 11.2. The van der Waals surface area contributed by atoms with E-state index < -0.39 is 9.05 Å². The summed E-state index contributed by atoms with van der Waals surface area (Å²) in [7, 11) is 1.65. The molecule has 1 unspecified atom stereocenters. The fraction of sp³-hybridized carbons (Fsp3) is 0.625. The molecule has 0 saturated heterocycles. The molecule has 0 fully saturated rings. The van der Waals surface area contributed by atoms with Crippen LogP contribution in [0.4, 0.5) is 0 Å². The van der Waals surface area contributed by atoms with E-state index in [9.17, 15) is 8.42 Å². The number of hydrogen-bond acceptors (Lipinski definition) is 3. The van der Waals surface area contributed by atoms with Gasteiger partial charge in [-0.05, 0) is 19.8 Å². The lowest BCUT2D eigenvalue weighted by Crippen LogP contribution is -2.18. The van der Waals surface area contributed by atoms with Crippen LogP contribution in [-0.2, 0) is 15.5 Å². The minimum atomic E-state index is -3.66. The van der Waals surface area contributed by atoms with Crippen LogP contribution in [0.25, 0.3) is 0 Å². The average Bonchev–Trinajstić information content (AvgIpc) is 2.47. The zero-order chi connectivity index (χ0) is 10.3. The van der Waals surface area contributed by atoms with Crippen LogP contribution in [0.3, 0.4) is 0 Å². The topological polar surface area (TPSA) is 52.0 Å². The molecule has 1 atom stereocenters. The van der Waals surface area contributed by atoms with Gasteiger partial charge in [-0.15, -0.1) is 0 Å². The molecule has 0 aliphatic carbocycles. The highest BCUT2D eigenvalue weighted by Crippen LogP contribution is 2.29. The van der Waals surface area contributed by atoms with Gasteiger partial charge in [-0.3, -0.25) is 0 Å². The summed E-state index contributed by atoms with van der Waals surface area (Å²) in [5, 5.41) is 0.126. The molecule has 1 aliphatic heterocycles. The second-order valence-corrected chi connectivity index (χ2v) is 6.07. The highest BCUT2D eigenvalue weighted by Gasteiger charge is 2.25. The van der Waals surface area contributed by atoms with Crippen molar-refractivity contribution < 1.29 is 8.42 Å². The number of fused-ring (bicyclic) bond motifs is 1. The van der Waals surface area contributed by atoms with E-state index in [0.717, 1.165) is 25.1 Å². The third-order valence-electron chi connectivity index (χ3n) is 2.55. The highest BCUT2D eigenvalue weighted by molar-refractivity contribution is 8.13. The third-order valence-corrected chi connectivity index (χ3v) is 3.83. The predicted octanol–water partition coefficient (Wildman–Crippen LogP) is 1.71. The summed E-state index contributed by atoms with van der Waals surface area (Å²) in [5.41, 5.74) is 0. The average molecular weight is 235 g/mol. The molecule has 1 aromatic rings. The minimum Gasteiger partial charge on any atom is -0.315 e. The molecule has 1 aromatic heterocycles. The van der Waals surface area contributed by atoms with Crippen LogP contribution in [0, 0.1) is 0 Å². The minimum absolute atomic E-state index is 0.126. The first-order valence-electron chi connectivity index (χ1n) is 4.51. The summed E-state index contributed by atoms with van der Waals surface area (Å²) < 4.78 is 24.2. The van der Waals surface area contributed by atoms with Gasteiger partial charge in [0.2, 0.25) is 0 Å². The van der Waals surface area contributed by atoms with Crippen molar-refractivity contribution in [2.75, 3.05) is 0 Å². The van der Waals surface area contributed by atoms with Crippen LogP contribution in [0.5, 0.6) is 0 Å². The van der Waals surface area contributed by atoms with E-state index >= 15 is 0 Å². The van der Waals surface area contributed by atoms with Gasteiger partial charge in [-0.1, -0.05) is 0 Å². The van der Waals surface area contributed by atoms with Crippen LogP contribution in [0.1, 0.15) is 31.6 Å². The number of nitrogens with zero attached hydrogens (tertiary/aromatic N) is 2. The van der Waals surface area contributed by atoms with Gasteiger partial charge in [-0.2, -0.15) is 0 Å². The first-order chi connectivity index (χ1) is 6.50. The number of halogens is 1. The zero-order valence-electron chi connectivity index (χ0n) is 7.77. The quantitative estimate of drug-likeness (QED) is 0.695. The Kier molecular flexibility index (Phi) is 2.31. The Morgan fingerprint density at radius 2 is 2.36 bits per heavy atom. The van der Waals surface area contributed by atoms with E-state index in [1.807, 2.05) is 6.92 Å². The molecule has 0 saturated carbocycles. The van der Waals surface area contributed by atoms with Gasteiger partial charge in [0, 0.05) is 23.1 Å². The second-order valence-electron chi connectivity index (χ2n) is 3.56. The fourth-order valence-electron chi connectivity index (χ4n) is 1.90. The van der Waals surface area contributed by atoms with Gasteiger partial charge in [-0.25, -0.2) is 13.4 Å². The lowest BCUT2D eigenvalue weighted by atomic mass is 10.1. The second kappa shape index (κ2) is 3.24. The maximum absolute atomic E-state index is 11.2. The lowest BCUT2D eigenvalue weighted by Gasteiger charge is -2.22. The SMILES string of the molecule is CC1CCCc2ncc(S(=O)(=O)Cl)n21. The highest BCUT2D eigenvalue weighted by atomic mass is 35.7. The summed E-state index contributed by atoms with van der Waals surface area (Å²) in [6.07, 6.45) is 4.21. The first kappa shape index (κ1) is 9.98. The molecular formula is C8H11ClN2O2S. The van der Waals surface area contributed by atoms with Gasteiger partial charge in [0.25, 0.3) is 9.05 Å². The van der Waals surface area contributed by atoms with Crippen molar-refractivity contribution in [3.63, 3.8) is 0 Å². The lowest BCUT2D eigenvalue weighted by molar-refractivity contribution is 0.400. The number of aromatic nitrogens is 2. The molecule has 4 nitrogen and oxygen atoms in total. The van der Waals surface area contributed by atoms with Gasteiger partial charge < -0.3 is 4.57 Å². The van der Waals surface area contributed by atoms with Gasteiger partial charge in [0.05, 0.1) is 6.20 Å². The zero-order valence-corrected chi connectivity index (χ0v) is 9.35. The molecule has 0 amide bonds. The number of rotatable bonds is 1. The van der Waals surface area contributed by atoms with Gasteiger partial charge in [0.1, 0.15) is 5.82 Å². The van der Waals surface area contributed by atoms with Crippen molar-refractivity contribution in [1.29, 1.82) is 0 Å². The molecule has 78 valence electrons. The maximum Gasteiger partial charge on any atom is 0.278 e. The summed E-state index contributed by atoms with van der Waals surface area (Å²) in [4.78, 5) is 4.07. The molecule has 0 N–H and O–H groups in total. The summed E-state index contributed by atoms with van der Waals surface area (Å²) in [6.45, 7) is 1.98. The summed E-state index contributed by atoms with van der Waals surface area (Å²) in [5.74, 6) is 0.822. The number of aryl methyl sites for hydroxylation is 1. The van der Waals surface area contributed by atoms with E-state index in [1.165, 1.54) is 6.20 Å². The van der Waals surface area contributed by atoms with Gasteiger partial charge >= 0.3 is 0 Å². The Labute approximate surface area is 87.3 Å². The summed E-state index contributed by atoms with van der Waals surface area (Å²) in [6, 6.07) is 0.171. The molecule has 2 heterocycles. The number of imidazole rings is 1. The van der Waals surface area contributed by atoms with Crippen molar-refractivity contribution in [1.82, 2.24) is 9.55 Å². The van der Waals surface area contributed by atoms with E-state index in [1.54, 1.807) is 4.57 Å². The normalized spacial score (nSPS) is 22.0. The smallest absolute Gasteiger partial charge is 0.278 e. The van der Waals surface area contributed by atoms with Crippen LogP contribution < -0.4 is 0 Å². The standard InChI is InChI=1S/C8H11ClN2O2S/c1-6-3-2-4-7-10-5-8(11(6)7)14(9,12)13/h5-6H,2-4H2,1H3. The molecule has 2 rings (SSSR count). The molecule has 6 heteroatoms. The van der Waals surface area contributed by atoms with Crippen molar-refractivity contribution >= 4 is 19.7 Å². The molecular weight excluding hydrogens is 224 g/mol. The molecule has 14 heavy (non-hydrogen) atoms. The summed E-state index contributed by atoms with van der Waals surface area (Å²) >= 11 is 0. The van der Waals surface area contributed by atoms with Crippen LogP contribution in [0.15, 0.2) is 11.2 Å². The van der Waals surface area contributed by atoms with E-state index in [4.69, 9.17) is 10.7 Å². The monoisotopic (exact) mass is 234 g/mol.